The smallest absolute Gasteiger partial charge is 0.124 e. The fourth-order valence-corrected chi connectivity index (χ4v) is 2.32. The van der Waals surface area contributed by atoms with Crippen LogP contribution in [0.15, 0.2) is 24.3 Å². The Hall–Kier alpha value is -1.06. The standard InChI is InChI=1S/C15H23NO2/c1-3-15(16-4-2)12-5-7-13(8-6-12)18-14-9-10-17-11-14/h5-8,14-16H,3-4,9-11H2,1-2H3. The monoisotopic (exact) mass is 249 g/mol. The van der Waals surface area contributed by atoms with E-state index in [-0.39, 0.29) is 6.10 Å². The molecule has 0 spiro atoms. The maximum absolute atomic E-state index is 5.86. The molecule has 100 valence electrons. The molecule has 18 heavy (non-hydrogen) atoms. The molecule has 3 nitrogen and oxygen atoms in total. The Balaban J connectivity index is 1.95. The fraction of sp³-hybridized carbons (Fsp3) is 0.600. The van der Waals surface area contributed by atoms with Crippen molar-refractivity contribution in [1.29, 1.82) is 0 Å². The van der Waals surface area contributed by atoms with Crippen molar-refractivity contribution in [3.8, 4) is 5.75 Å². The first-order valence-corrected chi connectivity index (χ1v) is 6.91. The molecule has 0 saturated carbocycles. The van der Waals surface area contributed by atoms with Gasteiger partial charge in [-0.05, 0) is 30.7 Å². The predicted octanol–water partition coefficient (Wildman–Crippen LogP) is 2.91. The van der Waals surface area contributed by atoms with E-state index < -0.39 is 0 Å². The van der Waals surface area contributed by atoms with Gasteiger partial charge in [0.1, 0.15) is 11.9 Å². The number of hydrogen-bond donors (Lipinski definition) is 1. The van der Waals surface area contributed by atoms with Gasteiger partial charge in [0.15, 0.2) is 0 Å². The van der Waals surface area contributed by atoms with Crippen molar-refractivity contribution >= 4 is 0 Å². The van der Waals surface area contributed by atoms with Crippen molar-refractivity contribution in [3.63, 3.8) is 0 Å². The van der Waals surface area contributed by atoms with Crippen LogP contribution in [0.2, 0.25) is 0 Å². The van der Waals surface area contributed by atoms with Crippen molar-refractivity contribution in [2.75, 3.05) is 19.8 Å². The van der Waals surface area contributed by atoms with Gasteiger partial charge in [-0.3, -0.25) is 0 Å². The lowest BCUT2D eigenvalue weighted by atomic mass is 10.0. The average molecular weight is 249 g/mol. The maximum atomic E-state index is 5.86. The third kappa shape index (κ3) is 3.47. The molecule has 0 amide bonds. The molecule has 1 aromatic carbocycles. The zero-order chi connectivity index (χ0) is 12.8. The second-order valence-electron chi connectivity index (χ2n) is 4.69. The van der Waals surface area contributed by atoms with Gasteiger partial charge < -0.3 is 14.8 Å². The van der Waals surface area contributed by atoms with Crippen molar-refractivity contribution in [2.45, 2.75) is 38.8 Å². The van der Waals surface area contributed by atoms with Crippen LogP contribution in [0.1, 0.15) is 38.3 Å². The normalized spacial score (nSPS) is 20.9. The van der Waals surface area contributed by atoms with E-state index in [0.717, 1.165) is 38.3 Å². The first kappa shape index (κ1) is 13.4. The number of ether oxygens (including phenoxy) is 2. The van der Waals surface area contributed by atoms with Crippen molar-refractivity contribution < 1.29 is 9.47 Å². The van der Waals surface area contributed by atoms with Gasteiger partial charge in [0, 0.05) is 12.5 Å². The molecule has 1 aliphatic heterocycles. The van der Waals surface area contributed by atoms with Crippen LogP contribution >= 0.6 is 0 Å². The van der Waals surface area contributed by atoms with Crippen LogP contribution in [-0.4, -0.2) is 25.9 Å². The summed E-state index contributed by atoms with van der Waals surface area (Å²) in [6.07, 6.45) is 2.33. The predicted molar refractivity (Wildman–Crippen MR) is 73.0 cm³/mol. The van der Waals surface area contributed by atoms with Gasteiger partial charge in [-0.2, -0.15) is 0 Å². The van der Waals surface area contributed by atoms with Gasteiger partial charge in [0.25, 0.3) is 0 Å². The lowest BCUT2D eigenvalue weighted by Crippen LogP contribution is -2.20. The Kier molecular flexibility index (Phi) is 5.02. The highest BCUT2D eigenvalue weighted by atomic mass is 16.5. The van der Waals surface area contributed by atoms with Crippen LogP contribution in [0.4, 0.5) is 0 Å². The van der Waals surface area contributed by atoms with Gasteiger partial charge in [0.2, 0.25) is 0 Å². The number of rotatable bonds is 6. The Labute approximate surface area is 109 Å². The molecule has 1 fully saturated rings. The largest absolute Gasteiger partial charge is 0.488 e. The molecule has 0 aromatic heterocycles. The zero-order valence-corrected chi connectivity index (χ0v) is 11.3. The molecule has 2 rings (SSSR count). The minimum absolute atomic E-state index is 0.228. The Bertz CT molecular complexity index is 344. The molecule has 1 aromatic rings. The lowest BCUT2D eigenvalue weighted by Gasteiger charge is -2.17. The summed E-state index contributed by atoms with van der Waals surface area (Å²) in [6, 6.07) is 8.88. The van der Waals surface area contributed by atoms with E-state index in [1.807, 2.05) is 0 Å². The average Bonchev–Trinajstić information content (AvgIpc) is 2.90. The van der Waals surface area contributed by atoms with E-state index in [0.29, 0.717) is 6.04 Å². The van der Waals surface area contributed by atoms with E-state index in [1.54, 1.807) is 0 Å². The van der Waals surface area contributed by atoms with Crippen LogP contribution in [-0.2, 0) is 4.74 Å². The summed E-state index contributed by atoms with van der Waals surface area (Å²) in [6.45, 7) is 6.88. The zero-order valence-electron chi connectivity index (χ0n) is 11.3. The first-order chi connectivity index (χ1) is 8.83. The molecule has 1 N–H and O–H groups in total. The van der Waals surface area contributed by atoms with E-state index >= 15 is 0 Å². The van der Waals surface area contributed by atoms with Gasteiger partial charge in [-0.15, -0.1) is 0 Å². The molecule has 2 unspecified atom stereocenters. The summed E-state index contributed by atoms with van der Waals surface area (Å²) in [5.74, 6) is 0.945. The van der Waals surface area contributed by atoms with Gasteiger partial charge >= 0.3 is 0 Å². The third-order valence-corrected chi connectivity index (χ3v) is 3.33. The summed E-state index contributed by atoms with van der Waals surface area (Å²) in [5, 5.41) is 3.48. The Morgan fingerprint density at radius 2 is 2.11 bits per heavy atom. The number of hydrogen-bond acceptors (Lipinski definition) is 3. The summed E-state index contributed by atoms with van der Waals surface area (Å²) in [5.41, 5.74) is 1.33. The minimum Gasteiger partial charge on any atom is -0.488 e. The summed E-state index contributed by atoms with van der Waals surface area (Å²) < 4.78 is 11.2. The molecule has 0 radical (unpaired) electrons. The maximum Gasteiger partial charge on any atom is 0.124 e. The molecule has 2 atom stereocenters. The first-order valence-electron chi connectivity index (χ1n) is 6.91. The summed E-state index contributed by atoms with van der Waals surface area (Å²) in [4.78, 5) is 0. The van der Waals surface area contributed by atoms with Gasteiger partial charge in [-0.25, -0.2) is 0 Å². The number of benzene rings is 1. The SMILES string of the molecule is CCNC(CC)c1ccc(OC2CCOC2)cc1. The van der Waals surface area contributed by atoms with Crippen LogP contribution in [0, 0.1) is 0 Å². The molecule has 3 heteroatoms. The topological polar surface area (TPSA) is 30.5 Å². The fourth-order valence-electron chi connectivity index (χ4n) is 2.32. The van der Waals surface area contributed by atoms with Gasteiger partial charge in [0.05, 0.1) is 13.2 Å². The van der Waals surface area contributed by atoms with E-state index in [4.69, 9.17) is 9.47 Å². The van der Waals surface area contributed by atoms with Crippen molar-refractivity contribution in [2.24, 2.45) is 0 Å². The van der Waals surface area contributed by atoms with E-state index in [2.05, 4.69) is 43.4 Å². The van der Waals surface area contributed by atoms with Crippen LogP contribution in [0.3, 0.4) is 0 Å². The highest BCUT2D eigenvalue weighted by Crippen LogP contribution is 2.22. The second-order valence-corrected chi connectivity index (χ2v) is 4.69. The van der Waals surface area contributed by atoms with Crippen LogP contribution in [0.25, 0.3) is 0 Å². The molecule has 1 saturated heterocycles. The van der Waals surface area contributed by atoms with Crippen molar-refractivity contribution in [3.05, 3.63) is 29.8 Å². The molecular weight excluding hydrogens is 226 g/mol. The number of nitrogens with one attached hydrogen (secondary N) is 1. The Morgan fingerprint density at radius 1 is 1.33 bits per heavy atom. The molecular formula is C15H23NO2. The molecule has 0 aliphatic carbocycles. The van der Waals surface area contributed by atoms with Crippen LogP contribution in [0.5, 0.6) is 5.75 Å². The molecule has 1 heterocycles. The van der Waals surface area contributed by atoms with Crippen molar-refractivity contribution in [1.82, 2.24) is 5.32 Å². The second kappa shape index (κ2) is 6.76. The Morgan fingerprint density at radius 3 is 2.67 bits per heavy atom. The molecule has 0 bridgehead atoms. The highest BCUT2D eigenvalue weighted by Gasteiger charge is 2.17. The minimum atomic E-state index is 0.228. The van der Waals surface area contributed by atoms with E-state index in [1.165, 1.54) is 5.56 Å². The molecule has 1 aliphatic rings. The van der Waals surface area contributed by atoms with Crippen LogP contribution < -0.4 is 10.1 Å². The lowest BCUT2D eigenvalue weighted by molar-refractivity contribution is 0.141. The quantitative estimate of drug-likeness (QED) is 0.841. The summed E-state index contributed by atoms with van der Waals surface area (Å²) >= 11 is 0. The van der Waals surface area contributed by atoms with E-state index in [9.17, 15) is 0 Å². The van der Waals surface area contributed by atoms with Gasteiger partial charge in [-0.1, -0.05) is 26.0 Å². The summed E-state index contributed by atoms with van der Waals surface area (Å²) in [7, 11) is 0. The highest BCUT2D eigenvalue weighted by molar-refractivity contribution is 5.29. The third-order valence-electron chi connectivity index (χ3n) is 3.33.